The molecule has 1 aromatic carbocycles. The van der Waals surface area contributed by atoms with E-state index in [1.54, 1.807) is 4.90 Å². The van der Waals surface area contributed by atoms with Gasteiger partial charge in [0.05, 0.1) is 0 Å². The van der Waals surface area contributed by atoms with E-state index in [1.165, 1.54) is 0 Å². The van der Waals surface area contributed by atoms with Gasteiger partial charge < -0.3 is 14.5 Å². The van der Waals surface area contributed by atoms with E-state index < -0.39 is 5.60 Å². The van der Waals surface area contributed by atoms with Gasteiger partial charge in [-0.1, -0.05) is 22.0 Å². The number of carbonyl (C=O) groups excluding carboxylic acids is 2. The van der Waals surface area contributed by atoms with Crippen LogP contribution in [0.3, 0.4) is 0 Å². The lowest BCUT2D eigenvalue weighted by Gasteiger charge is -2.40. The number of benzene rings is 1. The van der Waals surface area contributed by atoms with Crippen LogP contribution in [-0.4, -0.2) is 53.1 Å². The molecule has 1 saturated heterocycles. The molecule has 6 heteroatoms. The van der Waals surface area contributed by atoms with Gasteiger partial charge in [-0.05, 0) is 52.3 Å². The minimum Gasteiger partial charge on any atom is -0.444 e. The number of aryl methyl sites for hydroxylation is 1. The van der Waals surface area contributed by atoms with E-state index in [4.69, 9.17) is 4.74 Å². The maximum absolute atomic E-state index is 12.9. The highest BCUT2D eigenvalue weighted by molar-refractivity contribution is 9.10. The second-order valence-corrected chi connectivity index (χ2v) is 8.15. The van der Waals surface area contributed by atoms with Gasteiger partial charge in [-0.25, -0.2) is 4.79 Å². The molecule has 0 aliphatic carbocycles. The van der Waals surface area contributed by atoms with Crippen LogP contribution < -0.4 is 0 Å². The molecule has 1 atom stereocenters. The summed E-state index contributed by atoms with van der Waals surface area (Å²) in [4.78, 5) is 28.6. The number of hydrogen-bond acceptors (Lipinski definition) is 3. The number of piperazine rings is 1. The molecule has 0 N–H and O–H groups in total. The Morgan fingerprint density at radius 1 is 1.25 bits per heavy atom. The van der Waals surface area contributed by atoms with Crippen molar-refractivity contribution < 1.29 is 14.3 Å². The fourth-order valence-electron chi connectivity index (χ4n) is 2.73. The summed E-state index contributed by atoms with van der Waals surface area (Å²) in [6.07, 6.45) is -0.319. The van der Waals surface area contributed by atoms with Crippen molar-refractivity contribution in [1.82, 2.24) is 9.80 Å². The summed E-state index contributed by atoms with van der Waals surface area (Å²) in [6.45, 7) is 10.9. The van der Waals surface area contributed by atoms with E-state index in [0.717, 1.165) is 10.0 Å². The lowest BCUT2D eigenvalue weighted by molar-refractivity contribution is 0.00615. The first-order valence-electron chi connectivity index (χ1n) is 8.13. The molecule has 0 aromatic heterocycles. The monoisotopic (exact) mass is 396 g/mol. The Hall–Kier alpha value is -1.56. The summed E-state index contributed by atoms with van der Waals surface area (Å²) in [5, 5.41) is 0. The number of amides is 2. The smallest absolute Gasteiger partial charge is 0.410 e. The molecule has 132 valence electrons. The van der Waals surface area contributed by atoms with Gasteiger partial charge >= 0.3 is 6.09 Å². The first-order valence-corrected chi connectivity index (χ1v) is 8.93. The van der Waals surface area contributed by atoms with Crippen molar-refractivity contribution in [2.75, 3.05) is 19.6 Å². The average molecular weight is 397 g/mol. The molecular formula is C18H25BrN2O3. The molecule has 1 heterocycles. The van der Waals surface area contributed by atoms with Crippen molar-refractivity contribution in [1.29, 1.82) is 0 Å². The summed E-state index contributed by atoms with van der Waals surface area (Å²) >= 11 is 3.42. The summed E-state index contributed by atoms with van der Waals surface area (Å²) in [7, 11) is 0. The minimum absolute atomic E-state index is 0.00476. The van der Waals surface area contributed by atoms with E-state index in [-0.39, 0.29) is 18.0 Å². The van der Waals surface area contributed by atoms with E-state index in [2.05, 4.69) is 15.9 Å². The molecule has 0 spiro atoms. The standard InChI is InChI=1S/C18H25BrN2O3/c1-12-6-7-14(19)10-15(12)16(22)21-9-8-20(11-13(21)2)17(23)24-18(3,4)5/h6-7,10,13H,8-9,11H2,1-5H3. The fourth-order valence-corrected chi connectivity index (χ4v) is 3.09. The molecule has 5 nitrogen and oxygen atoms in total. The third-order valence-electron chi connectivity index (χ3n) is 3.97. The Kier molecular flexibility index (Phi) is 5.58. The molecule has 1 unspecified atom stereocenters. The van der Waals surface area contributed by atoms with E-state index in [9.17, 15) is 9.59 Å². The van der Waals surface area contributed by atoms with Crippen molar-refractivity contribution >= 4 is 27.9 Å². The van der Waals surface area contributed by atoms with Crippen LogP contribution >= 0.6 is 15.9 Å². The zero-order chi connectivity index (χ0) is 18.1. The van der Waals surface area contributed by atoms with E-state index >= 15 is 0 Å². The molecule has 0 radical (unpaired) electrons. The van der Waals surface area contributed by atoms with Crippen molar-refractivity contribution in [3.63, 3.8) is 0 Å². The highest BCUT2D eigenvalue weighted by Crippen LogP contribution is 2.21. The summed E-state index contributed by atoms with van der Waals surface area (Å²) < 4.78 is 6.30. The number of ether oxygens (including phenoxy) is 1. The SMILES string of the molecule is Cc1ccc(Br)cc1C(=O)N1CCN(C(=O)OC(C)(C)C)CC1C. The van der Waals surface area contributed by atoms with E-state index in [1.807, 2.05) is 57.7 Å². The highest BCUT2D eigenvalue weighted by Gasteiger charge is 2.32. The van der Waals surface area contributed by atoms with Crippen LogP contribution in [0.1, 0.15) is 43.6 Å². The van der Waals surface area contributed by atoms with Crippen LogP contribution in [0.5, 0.6) is 0 Å². The summed E-state index contributed by atoms with van der Waals surface area (Å²) in [5.41, 5.74) is 1.13. The molecule has 24 heavy (non-hydrogen) atoms. The Labute approximate surface area is 152 Å². The number of nitrogens with zero attached hydrogens (tertiary/aromatic N) is 2. The topological polar surface area (TPSA) is 49.9 Å². The van der Waals surface area contributed by atoms with Crippen LogP contribution in [0, 0.1) is 6.92 Å². The number of rotatable bonds is 1. The first-order chi connectivity index (χ1) is 11.1. The first kappa shape index (κ1) is 18.8. The van der Waals surface area contributed by atoms with Gasteiger partial charge in [0.25, 0.3) is 5.91 Å². The number of halogens is 1. The van der Waals surface area contributed by atoms with Crippen molar-refractivity contribution in [3.05, 3.63) is 33.8 Å². The lowest BCUT2D eigenvalue weighted by atomic mass is 10.1. The van der Waals surface area contributed by atoms with Crippen LogP contribution in [0.4, 0.5) is 4.79 Å². The van der Waals surface area contributed by atoms with Crippen LogP contribution in [0.25, 0.3) is 0 Å². The highest BCUT2D eigenvalue weighted by atomic mass is 79.9. The quantitative estimate of drug-likeness (QED) is 0.724. The molecule has 0 saturated carbocycles. The average Bonchev–Trinajstić information content (AvgIpc) is 2.47. The Balaban J connectivity index is 2.07. The van der Waals surface area contributed by atoms with Crippen molar-refractivity contribution in [3.8, 4) is 0 Å². The van der Waals surface area contributed by atoms with Gasteiger partial charge in [0.2, 0.25) is 0 Å². The van der Waals surface area contributed by atoms with Crippen LogP contribution in [0.15, 0.2) is 22.7 Å². The van der Waals surface area contributed by atoms with Gasteiger partial charge in [0, 0.05) is 35.7 Å². The van der Waals surface area contributed by atoms with Gasteiger partial charge in [-0.2, -0.15) is 0 Å². The number of hydrogen-bond donors (Lipinski definition) is 0. The third-order valence-corrected chi connectivity index (χ3v) is 4.46. The zero-order valence-electron chi connectivity index (χ0n) is 14.9. The Morgan fingerprint density at radius 3 is 2.50 bits per heavy atom. The van der Waals surface area contributed by atoms with Gasteiger partial charge in [-0.3, -0.25) is 4.79 Å². The van der Waals surface area contributed by atoms with Gasteiger partial charge in [0.1, 0.15) is 5.60 Å². The predicted octanol–water partition coefficient (Wildman–Crippen LogP) is 3.84. The Morgan fingerprint density at radius 2 is 1.92 bits per heavy atom. The molecule has 0 bridgehead atoms. The maximum Gasteiger partial charge on any atom is 0.410 e. The lowest BCUT2D eigenvalue weighted by Crippen LogP contribution is -2.56. The largest absolute Gasteiger partial charge is 0.444 e. The van der Waals surface area contributed by atoms with Crippen LogP contribution in [-0.2, 0) is 4.74 Å². The van der Waals surface area contributed by atoms with Gasteiger partial charge in [0.15, 0.2) is 0 Å². The predicted molar refractivity (Wildman–Crippen MR) is 97.2 cm³/mol. The second-order valence-electron chi connectivity index (χ2n) is 7.23. The third kappa shape index (κ3) is 4.50. The fraction of sp³-hybridized carbons (Fsp3) is 0.556. The van der Waals surface area contributed by atoms with Crippen molar-refractivity contribution in [2.24, 2.45) is 0 Å². The molecule has 1 aromatic rings. The number of carbonyl (C=O) groups is 2. The van der Waals surface area contributed by atoms with Crippen molar-refractivity contribution in [2.45, 2.75) is 46.3 Å². The normalized spacial score (nSPS) is 18.5. The maximum atomic E-state index is 12.9. The molecule has 2 amide bonds. The molecule has 1 aliphatic rings. The summed E-state index contributed by atoms with van der Waals surface area (Å²) in [5.74, 6) is 0.00476. The molecular weight excluding hydrogens is 372 g/mol. The van der Waals surface area contributed by atoms with Crippen LogP contribution in [0.2, 0.25) is 0 Å². The second kappa shape index (κ2) is 7.13. The Bertz CT molecular complexity index is 640. The molecule has 1 aliphatic heterocycles. The zero-order valence-corrected chi connectivity index (χ0v) is 16.5. The van der Waals surface area contributed by atoms with E-state index in [0.29, 0.717) is 25.2 Å². The molecule has 1 fully saturated rings. The minimum atomic E-state index is -0.513. The van der Waals surface area contributed by atoms with Gasteiger partial charge in [-0.15, -0.1) is 0 Å². The molecule has 2 rings (SSSR count). The summed E-state index contributed by atoms with van der Waals surface area (Å²) in [6, 6.07) is 5.65.